The first-order valence-corrected chi connectivity index (χ1v) is 8.64. The molecule has 4 heterocycles. The second kappa shape index (κ2) is 7.03. The Balaban J connectivity index is 1.43. The van der Waals surface area contributed by atoms with Gasteiger partial charge in [-0.2, -0.15) is 0 Å². The molecule has 3 aromatic heterocycles. The van der Waals surface area contributed by atoms with E-state index in [0.29, 0.717) is 18.7 Å². The molecule has 0 radical (unpaired) electrons. The number of nitrogens with zero attached hydrogens (tertiary/aromatic N) is 4. The van der Waals surface area contributed by atoms with E-state index in [1.54, 1.807) is 18.5 Å². The van der Waals surface area contributed by atoms with Crippen molar-refractivity contribution in [2.75, 3.05) is 13.2 Å². The van der Waals surface area contributed by atoms with Gasteiger partial charge in [-0.3, -0.25) is 9.78 Å². The molecule has 0 fully saturated rings. The number of fused-ring (bicyclic) bond motifs is 1. The molecule has 0 N–H and O–H groups in total. The predicted octanol–water partition coefficient (Wildman–Crippen LogP) is 2.71. The summed E-state index contributed by atoms with van der Waals surface area (Å²) in [5.41, 5.74) is 1.69. The van der Waals surface area contributed by atoms with Crippen LogP contribution in [0.4, 0.5) is 0 Å². The topological polar surface area (TPSA) is 73.4 Å². The number of pyridine rings is 1. The van der Waals surface area contributed by atoms with E-state index in [-0.39, 0.29) is 11.9 Å². The lowest BCUT2D eigenvalue weighted by atomic mass is 10.1. The molecule has 1 aliphatic rings. The van der Waals surface area contributed by atoms with Gasteiger partial charge in [0.1, 0.15) is 17.8 Å². The van der Waals surface area contributed by atoms with Crippen molar-refractivity contribution in [1.29, 1.82) is 0 Å². The number of carbonyl (C=O) groups is 1. The molecule has 0 saturated heterocycles. The molecule has 7 nitrogen and oxygen atoms in total. The number of furan rings is 1. The molecular formula is C19H20N4O3. The summed E-state index contributed by atoms with van der Waals surface area (Å²) in [6.07, 6.45) is 9.07. The van der Waals surface area contributed by atoms with Gasteiger partial charge in [0.15, 0.2) is 0 Å². The normalized spacial score (nSPS) is 16.3. The van der Waals surface area contributed by atoms with Crippen molar-refractivity contribution in [3.63, 3.8) is 0 Å². The molecule has 7 heteroatoms. The Hall–Kier alpha value is -3.09. The van der Waals surface area contributed by atoms with Gasteiger partial charge in [-0.25, -0.2) is 4.98 Å². The maximum atomic E-state index is 12.6. The van der Waals surface area contributed by atoms with Crippen molar-refractivity contribution >= 4 is 5.91 Å². The van der Waals surface area contributed by atoms with Gasteiger partial charge in [-0.05, 0) is 25.1 Å². The second-order valence-corrected chi connectivity index (χ2v) is 6.23. The predicted molar refractivity (Wildman–Crippen MR) is 93.8 cm³/mol. The Labute approximate surface area is 151 Å². The molecule has 26 heavy (non-hydrogen) atoms. The molecule has 0 saturated carbocycles. The first kappa shape index (κ1) is 16.4. The molecule has 134 valence electrons. The summed E-state index contributed by atoms with van der Waals surface area (Å²) in [5.74, 6) is 1.69. The van der Waals surface area contributed by atoms with E-state index in [9.17, 15) is 4.79 Å². The number of hydrogen-bond donors (Lipinski definition) is 0. The number of hydrogen-bond acceptors (Lipinski definition) is 5. The first-order chi connectivity index (χ1) is 12.7. The van der Waals surface area contributed by atoms with Crippen LogP contribution in [0.1, 0.15) is 34.8 Å². The maximum Gasteiger partial charge on any atom is 0.257 e. The Morgan fingerprint density at radius 3 is 2.92 bits per heavy atom. The smallest absolute Gasteiger partial charge is 0.257 e. The molecule has 1 atom stereocenters. The molecule has 0 aliphatic carbocycles. The van der Waals surface area contributed by atoms with Crippen LogP contribution >= 0.6 is 0 Å². The van der Waals surface area contributed by atoms with Crippen molar-refractivity contribution in [2.45, 2.75) is 25.9 Å². The van der Waals surface area contributed by atoms with Gasteiger partial charge in [0.2, 0.25) is 0 Å². The highest BCUT2D eigenvalue weighted by Gasteiger charge is 2.31. The van der Waals surface area contributed by atoms with Crippen LogP contribution in [0.25, 0.3) is 0 Å². The minimum Gasteiger partial charge on any atom is -0.493 e. The van der Waals surface area contributed by atoms with Crippen LogP contribution in [0.15, 0.2) is 53.7 Å². The van der Waals surface area contributed by atoms with E-state index in [2.05, 4.69) is 14.5 Å². The number of ether oxygens (including phenoxy) is 1. The number of rotatable bonds is 5. The number of aromatic nitrogens is 3. The van der Waals surface area contributed by atoms with Crippen LogP contribution in [0.2, 0.25) is 0 Å². The zero-order valence-electron chi connectivity index (χ0n) is 14.5. The summed E-state index contributed by atoms with van der Waals surface area (Å²) in [4.78, 5) is 23.0. The molecule has 1 amide bonds. The summed E-state index contributed by atoms with van der Waals surface area (Å²) < 4.78 is 13.0. The Morgan fingerprint density at radius 1 is 1.31 bits per heavy atom. The van der Waals surface area contributed by atoms with Gasteiger partial charge < -0.3 is 18.6 Å². The highest BCUT2D eigenvalue weighted by molar-refractivity contribution is 5.94. The number of carbonyl (C=O) groups excluding carboxylic acids is 1. The van der Waals surface area contributed by atoms with Crippen molar-refractivity contribution in [3.8, 4) is 5.75 Å². The molecule has 0 spiro atoms. The van der Waals surface area contributed by atoms with Gasteiger partial charge in [-0.15, -0.1) is 0 Å². The third kappa shape index (κ3) is 3.08. The number of amides is 1. The quantitative estimate of drug-likeness (QED) is 0.706. The molecule has 4 rings (SSSR count). The second-order valence-electron chi connectivity index (χ2n) is 6.23. The van der Waals surface area contributed by atoms with Crippen molar-refractivity contribution in [1.82, 2.24) is 19.4 Å². The zero-order chi connectivity index (χ0) is 17.9. The molecule has 1 unspecified atom stereocenters. The van der Waals surface area contributed by atoms with E-state index in [4.69, 9.17) is 9.15 Å². The highest BCUT2D eigenvalue weighted by Crippen LogP contribution is 2.27. The standard InChI is InChI=1S/C19H20N4O3/c1-14-18-21-12-16(5-11-26-17-2-6-20-7-3-17)23(18)9-8-22(14)19(24)15-4-10-25-13-15/h2-4,6-7,10,12-14H,5,8-9,11H2,1H3. The van der Waals surface area contributed by atoms with Gasteiger partial charge in [0.25, 0.3) is 5.91 Å². The third-order valence-electron chi connectivity index (χ3n) is 4.68. The van der Waals surface area contributed by atoms with Gasteiger partial charge in [-0.1, -0.05) is 0 Å². The molecule has 0 bridgehead atoms. The summed E-state index contributed by atoms with van der Waals surface area (Å²) >= 11 is 0. The lowest BCUT2D eigenvalue weighted by Gasteiger charge is -2.34. The van der Waals surface area contributed by atoms with Crippen LogP contribution in [0, 0.1) is 0 Å². The molecule has 3 aromatic rings. The fourth-order valence-electron chi connectivity index (χ4n) is 3.30. The molecule has 1 aliphatic heterocycles. The Bertz CT molecular complexity index is 874. The van der Waals surface area contributed by atoms with Crippen molar-refractivity contribution < 1.29 is 13.9 Å². The van der Waals surface area contributed by atoms with Crippen LogP contribution < -0.4 is 4.74 Å². The Morgan fingerprint density at radius 2 is 2.15 bits per heavy atom. The van der Waals surface area contributed by atoms with Crippen molar-refractivity contribution in [2.24, 2.45) is 0 Å². The highest BCUT2D eigenvalue weighted by atomic mass is 16.5. The van der Waals surface area contributed by atoms with Gasteiger partial charge >= 0.3 is 0 Å². The third-order valence-corrected chi connectivity index (χ3v) is 4.68. The lowest BCUT2D eigenvalue weighted by Crippen LogP contribution is -2.41. The fraction of sp³-hybridized carbons (Fsp3) is 0.316. The van der Waals surface area contributed by atoms with E-state index in [1.807, 2.05) is 30.2 Å². The average molecular weight is 352 g/mol. The van der Waals surface area contributed by atoms with E-state index < -0.39 is 0 Å². The van der Waals surface area contributed by atoms with Crippen LogP contribution in [0.5, 0.6) is 5.75 Å². The summed E-state index contributed by atoms with van der Waals surface area (Å²) in [6.45, 7) is 3.95. The Kier molecular flexibility index (Phi) is 4.43. The summed E-state index contributed by atoms with van der Waals surface area (Å²) in [5, 5.41) is 0. The van der Waals surface area contributed by atoms with E-state index in [0.717, 1.165) is 30.2 Å². The lowest BCUT2D eigenvalue weighted by molar-refractivity contribution is 0.0635. The summed E-state index contributed by atoms with van der Waals surface area (Å²) in [7, 11) is 0. The van der Waals surface area contributed by atoms with Crippen LogP contribution in [-0.2, 0) is 13.0 Å². The van der Waals surface area contributed by atoms with E-state index in [1.165, 1.54) is 12.5 Å². The van der Waals surface area contributed by atoms with E-state index >= 15 is 0 Å². The molecule has 0 aromatic carbocycles. The van der Waals surface area contributed by atoms with Crippen LogP contribution in [0.3, 0.4) is 0 Å². The summed E-state index contributed by atoms with van der Waals surface area (Å²) in [6, 6.07) is 5.29. The minimum absolute atomic E-state index is 0.0249. The average Bonchev–Trinajstić information content (AvgIpc) is 3.33. The largest absolute Gasteiger partial charge is 0.493 e. The minimum atomic E-state index is -0.0824. The van der Waals surface area contributed by atoms with Crippen molar-refractivity contribution in [3.05, 3.63) is 66.4 Å². The molecular weight excluding hydrogens is 332 g/mol. The van der Waals surface area contributed by atoms with Crippen LogP contribution in [-0.4, -0.2) is 38.5 Å². The number of imidazole rings is 1. The van der Waals surface area contributed by atoms with Gasteiger partial charge in [0.05, 0.1) is 24.5 Å². The first-order valence-electron chi connectivity index (χ1n) is 8.64. The SMILES string of the molecule is CC1c2ncc(CCOc3ccncc3)n2CCN1C(=O)c1ccoc1. The van der Waals surface area contributed by atoms with Gasteiger partial charge in [0, 0.05) is 43.8 Å². The monoisotopic (exact) mass is 352 g/mol. The fourth-order valence-corrected chi connectivity index (χ4v) is 3.30. The maximum absolute atomic E-state index is 12.6. The zero-order valence-corrected chi connectivity index (χ0v) is 14.5.